The summed E-state index contributed by atoms with van der Waals surface area (Å²) in [5.41, 5.74) is 10.2. The summed E-state index contributed by atoms with van der Waals surface area (Å²) >= 11 is 0. The van der Waals surface area contributed by atoms with E-state index in [2.05, 4.69) is 62.4 Å². The first kappa shape index (κ1) is 12.5. The van der Waals surface area contributed by atoms with Gasteiger partial charge in [-0.3, -0.25) is 0 Å². The maximum Gasteiger partial charge on any atom is 0.201 e. The van der Waals surface area contributed by atoms with Crippen molar-refractivity contribution in [3.05, 3.63) is 23.8 Å². The molecule has 19 heavy (non-hydrogen) atoms. The molecule has 1 aliphatic rings. The summed E-state index contributed by atoms with van der Waals surface area (Å²) in [5.74, 6) is 1.29. The molecule has 3 rings (SSSR count). The highest BCUT2D eigenvalue weighted by Crippen LogP contribution is 2.69. The molecule has 3 nitrogen and oxygen atoms in total. The largest absolute Gasteiger partial charge is 0.369 e. The second-order valence-corrected chi connectivity index (χ2v) is 7.07. The number of imidazole rings is 1. The molecule has 0 amide bonds. The number of benzene rings is 1. The molecule has 1 saturated carbocycles. The van der Waals surface area contributed by atoms with E-state index in [1.807, 2.05) is 0 Å². The lowest BCUT2D eigenvalue weighted by Gasteiger charge is -2.08. The van der Waals surface area contributed by atoms with Crippen LogP contribution in [0.15, 0.2) is 18.2 Å². The SMILES string of the molecule is Cc1ccc2c(c1)nc(N)n2CC1C(C)(C)C1(C)C. The van der Waals surface area contributed by atoms with Crippen LogP contribution in [-0.4, -0.2) is 9.55 Å². The Morgan fingerprint density at radius 1 is 1.21 bits per heavy atom. The Labute approximate surface area is 114 Å². The number of anilines is 1. The number of aryl methyl sites for hydroxylation is 1. The van der Waals surface area contributed by atoms with E-state index in [-0.39, 0.29) is 0 Å². The van der Waals surface area contributed by atoms with Gasteiger partial charge in [0, 0.05) is 6.54 Å². The van der Waals surface area contributed by atoms with Crippen LogP contribution >= 0.6 is 0 Å². The van der Waals surface area contributed by atoms with E-state index in [1.54, 1.807) is 0 Å². The van der Waals surface area contributed by atoms with E-state index in [9.17, 15) is 0 Å². The number of hydrogen-bond acceptors (Lipinski definition) is 2. The second kappa shape index (κ2) is 3.53. The van der Waals surface area contributed by atoms with Crippen LogP contribution in [0.1, 0.15) is 33.3 Å². The predicted molar refractivity (Wildman–Crippen MR) is 79.9 cm³/mol. The van der Waals surface area contributed by atoms with Crippen LogP contribution in [0.5, 0.6) is 0 Å². The highest BCUT2D eigenvalue weighted by molar-refractivity contribution is 5.79. The Hall–Kier alpha value is -1.51. The molecule has 0 radical (unpaired) electrons. The van der Waals surface area contributed by atoms with E-state index in [4.69, 9.17) is 5.73 Å². The van der Waals surface area contributed by atoms with Crippen LogP contribution in [0.2, 0.25) is 0 Å². The third-order valence-electron chi connectivity index (χ3n) is 5.62. The standard InChI is InChI=1S/C16H23N3/c1-10-6-7-12-11(8-10)18-14(17)19(12)9-13-15(2,3)16(13,4)5/h6-8,13H,9H2,1-5H3,(H2,17,18). The van der Waals surface area contributed by atoms with Gasteiger partial charge in [0.2, 0.25) is 5.95 Å². The molecule has 0 bridgehead atoms. The molecule has 1 aliphatic carbocycles. The number of hydrogen-bond donors (Lipinski definition) is 1. The number of nitrogens with two attached hydrogens (primary N) is 1. The molecule has 0 unspecified atom stereocenters. The smallest absolute Gasteiger partial charge is 0.201 e. The molecular weight excluding hydrogens is 234 g/mol. The Kier molecular flexibility index (Phi) is 2.32. The summed E-state index contributed by atoms with van der Waals surface area (Å²) in [5, 5.41) is 0. The topological polar surface area (TPSA) is 43.8 Å². The van der Waals surface area contributed by atoms with Crippen LogP contribution in [0, 0.1) is 23.7 Å². The fourth-order valence-corrected chi connectivity index (χ4v) is 3.42. The van der Waals surface area contributed by atoms with Crippen LogP contribution in [0.4, 0.5) is 5.95 Å². The number of nitrogens with zero attached hydrogens (tertiary/aromatic N) is 2. The van der Waals surface area contributed by atoms with Gasteiger partial charge < -0.3 is 10.3 Å². The van der Waals surface area contributed by atoms with Gasteiger partial charge in [-0.1, -0.05) is 33.8 Å². The molecule has 0 spiro atoms. The first-order valence-corrected chi connectivity index (χ1v) is 6.97. The second-order valence-electron chi connectivity index (χ2n) is 7.07. The third-order valence-corrected chi connectivity index (χ3v) is 5.62. The number of nitrogen functional groups attached to an aromatic ring is 1. The Balaban J connectivity index is 2.01. The molecule has 0 atom stereocenters. The summed E-state index contributed by atoms with van der Waals surface area (Å²) < 4.78 is 2.18. The molecule has 3 heteroatoms. The van der Waals surface area contributed by atoms with Gasteiger partial charge in [0.15, 0.2) is 0 Å². The monoisotopic (exact) mass is 257 g/mol. The van der Waals surface area contributed by atoms with Gasteiger partial charge in [-0.15, -0.1) is 0 Å². The zero-order valence-corrected chi connectivity index (χ0v) is 12.5. The van der Waals surface area contributed by atoms with E-state index < -0.39 is 0 Å². The number of rotatable bonds is 2. The molecule has 2 aromatic rings. The minimum atomic E-state index is 0.376. The van der Waals surface area contributed by atoms with Crippen LogP contribution in [0.25, 0.3) is 11.0 Å². The molecule has 0 saturated heterocycles. The van der Waals surface area contributed by atoms with Gasteiger partial charge in [0.1, 0.15) is 0 Å². The summed E-state index contributed by atoms with van der Waals surface area (Å²) in [4.78, 5) is 4.49. The van der Waals surface area contributed by atoms with Crippen molar-refractivity contribution in [2.45, 2.75) is 41.2 Å². The molecular formula is C16H23N3. The van der Waals surface area contributed by atoms with Crippen molar-refractivity contribution in [2.24, 2.45) is 16.7 Å². The number of fused-ring (bicyclic) bond motifs is 1. The molecule has 2 N–H and O–H groups in total. The molecule has 1 aromatic carbocycles. The fraction of sp³-hybridized carbons (Fsp3) is 0.562. The third kappa shape index (κ3) is 1.60. The summed E-state index contributed by atoms with van der Waals surface area (Å²) in [6.07, 6.45) is 0. The van der Waals surface area contributed by atoms with Crippen molar-refractivity contribution in [1.82, 2.24) is 9.55 Å². The Morgan fingerprint density at radius 2 is 1.84 bits per heavy atom. The Morgan fingerprint density at radius 3 is 2.42 bits per heavy atom. The minimum Gasteiger partial charge on any atom is -0.369 e. The van der Waals surface area contributed by atoms with Crippen molar-refractivity contribution in [1.29, 1.82) is 0 Å². The van der Waals surface area contributed by atoms with Crippen molar-refractivity contribution < 1.29 is 0 Å². The summed E-state index contributed by atoms with van der Waals surface area (Å²) in [6.45, 7) is 12.4. The normalized spacial score (nSPS) is 20.9. The molecule has 102 valence electrons. The lowest BCUT2D eigenvalue weighted by molar-refractivity contribution is 0.457. The molecule has 1 heterocycles. The van der Waals surface area contributed by atoms with Gasteiger partial charge in [0.05, 0.1) is 11.0 Å². The first-order chi connectivity index (χ1) is 8.75. The zero-order valence-electron chi connectivity index (χ0n) is 12.5. The van der Waals surface area contributed by atoms with Crippen LogP contribution < -0.4 is 5.73 Å². The fourth-order valence-electron chi connectivity index (χ4n) is 3.42. The molecule has 1 fully saturated rings. The van der Waals surface area contributed by atoms with Gasteiger partial charge >= 0.3 is 0 Å². The Bertz CT molecular complexity index is 635. The average molecular weight is 257 g/mol. The summed E-state index contributed by atoms with van der Waals surface area (Å²) in [7, 11) is 0. The van der Waals surface area contributed by atoms with Gasteiger partial charge in [0.25, 0.3) is 0 Å². The lowest BCUT2D eigenvalue weighted by Crippen LogP contribution is -2.08. The van der Waals surface area contributed by atoms with Gasteiger partial charge in [-0.2, -0.15) is 0 Å². The van der Waals surface area contributed by atoms with Crippen molar-refractivity contribution >= 4 is 17.0 Å². The number of aromatic nitrogens is 2. The lowest BCUT2D eigenvalue weighted by atomic mass is 10.0. The van der Waals surface area contributed by atoms with E-state index in [0.717, 1.165) is 17.6 Å². The maximum atomic E-state index is 6.11. The van der Waals surface area contributed by atoms with Crippen molar-refractivity contribution in [3.8, 4) is 0 Å². The molecule has 0 aliphatic heterocycles. The highest BCUT2D eigenvalue weighted by Gasteiger charge is 2.64. The van der Waals surface area contributed by atoms with Crippen molar-refractivity contribution in [2.75, 3.05) is 5.73 Å². The van der Waals surface area contributed by atoms with Crippen LogP contribution in [0.3, 0.4) is 0 Å². The van der Waals surface area contributed by atoms with E-state index in [0.29, 0.717) is 22.7 Å². The minimum absolute atomic E-state index is 0.376. The summed E-state index contributed by atoms with van der Waals surface area (Å²) in [6, 6.07) is 6.37. The predicted octanol–water partition coefficient (Wildman–Crippen LogP) is 3.61. The zero-order chi connectivity index (χ0) is 14.0. The van der Waals surface area contributed by atoms with Crippen molar-refractivity contribution in [3.63, 3.8) is 0 Å². The molecule has 1 aromatic heterocycles. The quantitative estimate of drug-likeness (QED) is 0.893. The first-order valence-electron chi connectivity index (χ1n) is 6.97. The van der Waals surface area contributed by atoms with Gasteiger partial charge in [-0.05, 0) is 41.4 Å². The van der Waals surface area contributed by atoms with Gasteiger partial charge in [-0.25, -0.2) is 4.98 Å². The van der Waals surface area contributed by atoms with E-state index in [1.165, 1.54) is 5.56 Å². The maximum absolute atomic E-state index is 6.11. The van der Waals surface area contributed by atoms with E-state index >= 15 is 0 Å². The van der Waals surface area contributed by atoms with Crippen LogP contribution in [-0.2, 0) is 6.54 Å². The highest BCUT2D eigenvalue weighted by atomic mass is 15.2. The average Bonchev–Trinajstić information content (AvgIpc) is 2.57.